The predicted molar refractivity (Wildman–Crippen MR) is 130 cm³/mol. The minimum Gasteiger partial charge on any atom is -0.350 e. The topological polar surface area (TPSA) is 59.8 Å². The number of nitrogens with zero attached hydrogens (tertiary/aromatic N) is 2. The molecule has 5 nitrogen and oxygen atoms in total. The fourth-order valence-electron chi connectivity index (χ4n) is 4.60. The molecule has 0 fully saturated rings. The Labute approximate surface area is 182 Å². The number of aromatic nitrogens is 3. The molecule has 0 atom stereocenters. The van der Waals surface area contributed by atoms with Crippen molar-refractivity contribution in [3.63, 3.8) is 0 Å². The van der Waals surface area contributed by atoms with Crippen LogP contribution in [0.4, 0.5) is 0 Å². The van der Waals surface area contributed by atoms with Crippen LogP contribution >= 0.6 is 0 Å². The maximum atomic E-state index is 13.4. The van der Waals surface area contributed by atoms with E-state index in [4.69, 9.17) is 0 Å². The molecule has 2 heterocycles. The van der Waals surface area contributed by atoms with Crippen LogP contribution in [-0.2, 0) is 7.05 Å². The number of aromatic amines is 1. The summed E-state index contributed by atoms with van der Waals surface area (Å²) in [6.07, 6.45) is 2.03. The van der Waals surface area contributed by atoms with E-state index in [-0.39, 0.29) is 5.56 Å². The van der Waals surface area contributed by atoms with Crippen LogP contribution in [0.1, 0.15) is 0 Å². The van der Waals surface area contributed by atoms with Gasteiger partial charge in [-0.3, -0.25) is 4.79 Å². The average molecular weight is 417 g/mol. The Hall–Kier alpha value is -4.38. The van der Waals surface area contributed by atoms with Gasteiger partial charge in [-0.15, -0.1) is 0 Å². The molecule has 6 aromatic rings. The van der Waals surface area contributed by atoms with Crippen LogP contribution in [0.15, 0.2) is 101 Å². The van der Waals surface area contributed by atoms with Gasteiger partial charge in [-0.2, -0.15) is 0 Å². The van der Waals surface area contributed by atoms with Gasteiger partial charge in [0.2, 0.25) is 0 Å². The highest BCUT2D eigenvalue weighted by Gasteiger charge is 2.14. The normalized spacial score (nSPS) is 11.5. The molecule has 0 aliphatic heterocycles. The van der Waals surface area contributed by atoms with Crippen molar-refractivity contribution < 1.29 is 0 Å². The molecule has 0 bridgehead atoms. The van der Waals surface area contributed by atoms with Gasteiger partial charge >= 0.3 is 5.69 Å². The van der Waals surface area contributed by atoms with Crippen LogP contribution in [0.5, 0.6) is 0 Å². The molecule has 1 N–H and O–H groups in total. The molecular weight excluding hydrogens is 398 g/mol. The third kappa shape index (κ3) is 2.65. The van der Waals surface area contributed by atoms with Crippen LogP contribution in [-0.4, -0.2) is 14.1 Å². The molecule has 0 aliphatic carbocycles. The first kappa shape index (κ1) is 18.4. The van der Waals surface area contributed by atoms with Crippen LogP contribution < -0.4 is 11.2 Å². The Morgan fingerprint density at radius 1 is 0.750 bits per heavy atom. The number of nitrogens with one attached hydrogen (secondary N) is 1. The van der Waals surface area contributed by atoms with Crippen molar-refractivity contribution in [1.29, 1.82) is 0 Å². The first-order valence-electron chi connectivity index (χ1n) is 10.4. The first-order valence-corrected chi connectivity index (χ1v) is 10.4. The van der Waals surface area contributed by atoms with Crippen molar-refractivity contribution in [3.05, 3.63) is 112 Å². The Balaban J connectivity index is 1.60. The molecular formula is C27H19N3O2. The highest BCUT2D eigenvalue weighted by Crippen LogP contribution is 2.30. The van der Waals surface area contributed by atoms with Crippen molar-refractivity contribution >= 4 is 32.6 Å². The van der Waals surface area contributed by atoms with E-state index in [0.29, 0.717) is 16.6 Å². The molecule has 32 heavy (non-hydrogen) atoms. The lowest BCUT2D eigenvalue weighted by Gasteiger charge is -2.11. The molecule has 0 saturated heterocycles. The van der Waals surface area contributed by atoms with Crippen molar-refractivity contribution in [2.45, 2.75) is 0 Å². The molecule has 154 valence electrons. The number of aryl methyl sites for hydroxylation is 1. The summed E-state index contributed by atoms with van der Waals surface area (Å²) in [7, 11) is 2.01. The summed E-state index contributed by atoms with van der Waals surface area (Å²) < 4.78 is 3.30. The molecule has 0 aliphatic rings. The summed E-state index contributed by atoms with van der Waals surface area (Å²) in [5.41, 5.74) is 3.43. The standard InChI is InChI=1S/C27H19N3O2/c1-29-15-14-18-8-4-10-21(25(18)29)19-12-13-22-23(16-19)28-27(32)30(26(22)31)24-11-5-7-17-6-2-3-9-20(17)24/h2-16H,1H3,(H,28,32). The van der Waals surface area contributed by atoms with E-state index in [2.05, 4.69) is 27.8 Å². The highest BCUT2D eigenvalue weighted by atomic mass is 16.2. The fourth-order valence-corrected chi connectivity index (χ4v) is 4.60. The average Bonchev–Trinajstić information content (AvgIpc) is 3.20. The van der Waals surface area contributed by atoms with E-state index < -0.39 is 5.69 Å². The lowest BCUT2D eigenvalue weighted by atomic mass is 10.0. The lowest BCUT2D eigenvalue weighted by molar-refractivity contribution is 0.908. The van der Waals surface area contributed by atoms with E-state index in [0.717, 1.165) is 32.8 Å². The van der Waals surface area contributed by atoms with Gasteiger partial charge in [0.1, 0.15) is 0 Å². The molecule has 0 amide bonds. The number of H-pyrrole nitrogens is 1. The Bertz CT molecular complexity index is 1780. The fraction of sp³-hybridized carbons (Fsp3) is 0.0370. The predicted octanol–water partition coefficient (Wildman–Crippen LogP) is 4.99. The molecule has 0 unspecified atom stereocenters. The second-order valence-electron chi connectivity index (χ2n) is 8.00. The summed E-state index contributed by atoms with van der Waals surface area (Å²) >= 11 is 0. The largest absolute Gasteiger partial charge is 0.350 e. The van der Waals surface area contributed by atoms with Crippen LogP contribution in [0.25, 0.3) is 49.4 Å². The number of hydrogen-bond acceptors (Lipinski definition) is 2. The van der Waals surface area contributed by atoms with Crippen molar-refractivity contribution in [1.82, 2.24) is 14.1 Å². The maximum absolute atomic E-state index is 13.4. The third-order valence-corrected chi connectivity index (χ3v) is 6.11. The smallest absolute Gasteiger partial charge is 0.333 e. The van der Waals surface area contributed by atoms with Crippen molar-refractivity contribution in [2.24, 2.45) is 7.05 Å². The number of rotatable bonds is 2. The Morgan fingerprint density at radius 2 is 1.53 bits per heavy atom. The Kier molecular flexibility index (Phi) is 3.92. The quantitative estimate of drug-likeness (QED) is 0.431. The number of hydrogen-bond donors (Lipinski definition) is 1. The van der Waals surface area contributed by atoms with E-state index in [1.807, 2.05) is 67.8 Å². The second kappa shape index (κ2) is 6.82. The monoisotopic (exact) mass is 417 g/mol. The lowest BCUT2D eigenvalue weighted by Crippen LogP contribution is -2.33. The van der Waals surface area contributed by atoms with Gasteiger partial charge in [0, 0.05) is 29.6 Å². The summed E-state index contributed by atoms with van der Waals surface area (Å²) in [5.74, 6) is 0. The molecule has 6 rings (SSSR count). The first-order chi connectivity index (χ1) is 15.6. The SMILES string of the molecule is Cn1ccc2cccc(-c3ccc4c(=O)n(-c5cccc6ccccc56)c(=O)[nH]c4c3)c21. The van der Waals surface area contributed by atoms with Crippen molar-refractivity contribution in [3.8, 4) is 16.8 Å². The summed E-state index contributed by atoms with van der Waals surface area (Å²) in [5, 5.41) is 3.45. The van der Waals surface area contributed by atoms with Crippen LogP contribution in [0.3, 0.4) is 0 Å². The summed E-state index contributed by atoms with van der Waals surface area (Å²) in [6.45, 7) is 0. The minimum absolute atomic E-state index is 0.330. The third-order valence-electron chi connectivity index (χ3n) is 6.11. The summed E-state index contributed by atoms with van der Waals surface area (Å²) in [6, 6.07) is 27.2. The zero-order valence-corrected chi connectivity index (χ0v) is 17.4. The second-order valence-corrected chi connectivity index (χ2v) is 8.00. The van der Waals surface area contributed by atoms with Crippen LogP contribution in [0.2, 0.25) is 0 Å². The molecule has 0 spiro atoms. The molecule has 4 aromatic carbocycles. The number of fused-ring (bicyclic) bond motifs is 3. The van der Waals surface area contributed by atoms with Crippen LogP contribution in [0, 0.1) is 0 Å². The molecule has 5 heteroatoms. The van der Waals surface area contributed by atoms with Gasteiger partial charge in [-0.1, -0.05) is 60.7 Å². The molecule has 0 saturated carbocycles. The van der Waals surface area contributed by atoms with Gasteiger partial charge in [0.25, 0.3) is 5.56 Å². The van der Waals surface area contributed by atoms with Gasteiger partial charge in [-0.25, -0.2) is 9.36 Å². The minimum atomic E-state index is -0.451. The van der Waals surface area contributed by atoms with E-state index in [1.54, 1.807) is 12.1 Å². The Morgan fingerprint density at radius 3 is 2.44 bits per heavy atom. The number of benzene rings is 4. The zero-order chi connectivity index (χ0) is 21.8. The van der Waals surface area contributed by atoms with Gasteiger partial charge < -0.3 is 9.55 Å². The van der Waals surface area contributed by atoms with E-state index in [1.165, 1.54) is 4.57 Å². The summed E-state index contributed by atoms with van der Waals surface area (Å²) in [4.78, 5) is 29.4. The maximum Gasteiger partial charge on any atom is 0.333 e. The van der Waals surface area contributed by atoms with Gasteiger partial charge in [-0.05, 0) is 35.2 Å². The van der Waals surface area contributed by atoms with E-state index in [9.17, 15) is 9.59 Å². The van der Waals surface area contributed by atoms with Gasteiger partial charge in [0.05, 0.1) is 22.1 Å². The molecule has 2 aromatic heterocycles. The zero-order valence-electron chi connectivity index (χ0n) is 17.4. The highest BCUT2D eigenvalue weighted by molar-refractivity contribution is 5.97. The van der Waals surface area contributed by atoms with Gasteiger partial charge in [0.15, 0.2) is 0 Å². The molecule has 0 radical (unpaired) electrons. The number of para-hydroxylation sites is 1. The van der Waals surface area contributed by atoms with Crippen molar-refractivity contribution in [2.75, 3.05) is 0 Å². The van der Waals surface area contributed by atoms with E-state index >= 15 is 0 Å².